The summed E-state index contributed by atoms with van der Waals surface area (Å²) in [6.45, 7) is 6.49. The van der Waals surface area contributed by atoms with Crippen molar-refractivity contribution in [3.8, 4) is 11.1 Å². The largest absolute Gasteiger partial charge is 0.478 e. The van der Waals surface area contributed by atoms with Crippen LogP contribution in [0.2, 0.25) is 5.02 Å². The molecule has 1 aromatic heterocycles. The van der Waals surface area contributed by atoms with E-state index in [4.69, 9.17) is 11.6 Å². The summed E-state index contributed by atoms with van der Waals surface area (Å²) in [5.74, 6) is -1.74. The first-order valence-electron chi connectivity index (χ1n) is 12.9. The Bertz CT molecular complexity index is 1760. The van der Waals surface area contributed by atoms with Crippen molar-refractivity contribution in [1.82, 2.24) is 9.88 Å². The van der Waals surface area contributed by atoms with Crippen molar-refractivity contribution < 1.29 is 19.1 Å². The first-order chi connectivity index (χ1) is 19.2. The minimum Gasteiger partial charge on any atom is -0.478 e. The zero-order valence-electron chi connectivity index (χ0n) is 22.3. The van der Waals surface area contributed by atoms with Gasteiger partial charge >= 0.3 is 5.97 Å². The van der Waals surface area contributed by atoms with Gasteiger partial charge < -0.3 is 15.0 Å². The Morgan fingerprint density at radius 1 is 0.975 bits per heavy atom. The van der Waals surface area contributed by atoms with Crippen LogP contribution in [0, 0.1) is 19.7 Å². The molecule has 5 nitrogen and oxygen atoms in total. The number of carbonyl (C=O) groups excluding carboxylic acids is 1. The van der Waals surface area contributed by atoms with Gasteiger partial charge in [0.1, 0.15) is 5.82 Å². The molecule has 5 aromatic rings. The standard InChI is InChI=1S/C33H28ClFN2O3/c1-19-21(3)37(18-22-11-13-23(14-12-22)26-7-4-5-8-27(26)33(39)40)30-16-15-24(17-28(19)30)32(38)36-20(2)25-9-6-10-29(35)31(25)34/h4-17,20H,18H2,1-3H3,(H,36,38)(H,39,40)/t20-/m0/s1. The minimum atomic E-state index is -0.954. The topological polar surface area (TPSA) is 71.3 Å². The van der Waals surface area contributed by atoms with Crippen LogP contribution in [-0.4, -0.2) is 21.6 Å². The highest BCUT2D eigenvalue weighted by Crippen LogP contribution is 2.30. The Labute approximate surface area is 236 Å². The van der Waals surface area contributed by atoms with Crippen molar-refractivity contribution in [1.29, 1.82) is 0 Å². The van der Waals surface area contributed by atoms with Gasteiger partial charge in [0.15, 0.2) is 0 Å². The number of fused-ring (bicyclic) bond motifs is 1. The van der Waals surface area contributed by atoms with Crippen LogP contribution in [0.5, 0.6) is 0 Å². The zero-order chi connectivity index (χ0) is 28.6. The number of hydrogen-bond acceptors (Lipinski definition) is 2. The first kappa shape index (κ1) is 27.2. The molecule has 0 radical (unpaired) electrons. The Hall–Kier alpha value is -4.42. The summed E-state index contributed by atoms with van der Waals surface area (Å²) >= 11 is 6.11. The van der Waals surface area contributed by atoms with Crippen LogP contribution >= 0.6 is 11.6 Å². The molecule has 0 saturated heterocycles. The average molecular weight is 555 g/mol. The van der Waals surface area contributed by atoms with E-state index >= 15 is 0 Å². The van der Waals surface area contributed by atoms with Gasteiger partial charge in [-0.2, -0.15) is 0 Å². The van der Waals surface area contributed by atoms with Crippen LogP contribution in [0.3, 0.4) is 0 Å². The van der Waals surface area contributed by atoms with Gasteiger partial charge in [0, 0.05) is 28.7 Å². The number of carbonyl (C=O) groups is 2. The van der Waals surface area contributed by atoms with Crippen LogP contribution in [0.4, 0.5) is 4.39 Å². The molecule has 5 rings (SSSR count). The van der Waals surface area contributed by atoms with E-state index in [1.54, 1.807) is 37.3 Å². The number of hydrogen-bond donors (Lipinski definition) is 2. The number of amides is 1. The van der Waals surface area contributed by atoms with Gasteiger partial charge in [0.25, 0.3) is 5.91 Å². The van der Waals surface area contributed by atoms with Gasteiger partial charge in [-0.15, -0.1) is 0 Å². The van der Waals surface area contributed by atoms with Crippen LogP contribution in [0.15, 0.2) is 84.9 Å². The molecule has 0 aliphatic rings. The molecule has 0 saturated carbocycles. The maximum atomic E-state index is 13.9. The monoisotopic (exact) mass is 554 g/mol. The van der Waals surface area contributed by atoms with Gasteiger partial charge in [0.05, 0.1) is 16.6 Å². The van der Waals surface area contributed by atoms with E-state index in [2.05, 4.69) is 16.8 Å². The lowest BCUT2D eigenvalue weighted by Gasteiger charge is -2.16. The number of carboxylic acid groups (broad SMARTS) is 1. The SMILES string of the molecule is Cc1c(C)n(Cc2ccc(-c3ccccc3C(=O)O)cc2)c2ccc(C(=O)N[C@@H](C)c3cccc(F)c3Cl)cc12. The quantitative estimate of drug-likeness (QED) is 0.214. The van der Waals surface area contributed by atoms with Crippen molar-refractivity contribution >= 4 is 34.4 Å². The highest BCUT2D eigenvalue weighted by molar-refractivity contribution is 6.31. The van der Waals surface area contributed by atoms with E-state index < -0.39 is 17.8 Å². The second-order valence-corrected chi connectivity index (χ2v) is 10.3. The van der Waals surface area contributed by atoms with Crippen molar-refractivity contribution in [2.75, 3.05) is 0 Å². The molecule has 40 heavy (non-hydrogen) atoms. The van der Waals surface area contributed by atoms with Gasteiger partial charge in [-0.3, -0.25) is 4.79 Å². The molecular weight excluding hydrogens is 527 g/mol. The molecule has 0 spiro atoms. The molecule has 0 bridgehead atoms. The Kier molecular flexibility index (Phi) is 7.46. The summed E-state index contributed by atoms with van der Waals surface area (Å²) < 4.78 is 16.1. The molecule has 7 heteroatoms. The lowest BCUT2D eigenvalue weighted by atomic mass is 9.99. The Balaban J connectivity index is 1.39. The molecule has 4 aromatic carbocycles. The summed E-state index contributed by atoms with van der Waals surface area (Å²) in [7, 11) is 0. The predicted molar refractivity (Wildman–Crippen MR) is 157 cm³/mol. The molecule has 1 amide bonds. The molecule has 0 fully saturated rings. The number of nitrogens with one attached hydrogen (secondary N) is 1. The molecule has 0 unspecified atom stereocenters. The first-order valence-corrected chi connectivity index (χ1v) is 13.3. The summed E-state index contributed by atoms with van der Waals surface area (Å²) in [6, 6.07) is 24.6. The number of carboxylic acids is 1. The third kappa shape index (κ3) is 5.10. The van der Waals surface area contributed by atoms with Crippen molar-refractivity contribution in [2.45, 2.75) is 33.4 Å². The van der Waals surface area contributed by atoms with E-state index in [9.17, 15) is 19.1 Å². The molecule has 0 aliphatic carbocycles. The van der Waals surface area contributed by atoms with Crippen molar-refractivity contribution in [3.05, 3.63) is 129 Å². The molecule has 1 heterocycles. The molecule has 202 valence electrons. The maximum absolute atomic E-state index is 13.9. The lowest BCUT2D eigenvalue weighted by Crippen LogP contribution is -2.26. The van der Waals surface area contributed by atoms with Crippen molar-refractivity contribution in [3.63, 3.8) is 0 Å². The second kappa shape index (κ2) is 11.0. The van der Waals surface area contributed by atoms with Gasteiger partial charge in [-0.05, 0) is 78.9 Å². The summed E-state index contributed by atoms with van der Waals surface area (Å²) in [4.78, 5) is 24.7. The number of nitrogens with zero attached hydrogens (tertiary/aromatic N) is 1. The number of aryl methyl sites for hydroxylation is 1. The number of benzene rings is 4. The number of aromatic nitrogens is 1. The zero-order valence-corrected chi connectivity index (χ0v) is 23.1. The molecular formula is C33H28ClFN2O3. The van der Waals surface area contributed by atoms with E-state index in [1.165, 1.54) is 6.07 Å². The number of rotatable bonds is 7. The highest BCUT2D eigenvalue weighted by atomic mass is 35.5. The fraction of sp³-hybridized carbons (Fsp3) is 0.152. The van der Waals surface area contributed by atoms with Crippen LogP contribution < -0.4 is 5.32 Å². The summed E-state index contributed by atoms with van der Waals surface area (Å²) in [5.41, 5.74) is 7.07. The van der Waals surface area contributed by atoms with Gasteiger partial charge in [-0.1, -0.05) is 66.2 Å². The van der Waals surface area contributed by atoms with E-state index in [1.807, 2.05) is 55.5 Å². The van der Waals surface area contributed by atoms with Crippen LogP contribution in [0.25, 0.3) is 22.0 Å². The van der Waals surface area contributed by atoms with Crippen molar-refractivity contribution in [2.24, 2.45) is 0 Å². The van der Waals surface area contributed by atoms with Gasteiger partial charge in [-0.25, -0.2) is 9.18 Å². The summed E-state index contributed by atoms with van der Waals surface area (Å²) in [6.07, 6.45) is 0. The summed E-state index contributed by atoms with van der Waals surface area (Å²) in [5, 5.41) is 13.4. The third-order valence-electron chi connectivity index (χ3n) is 7.46. The lowest BCUT2D eigenvalue weighted by molar-refractivity contribution is 0.0697. The van der Waals surface area contributed by atoms with Crippen LogP contribution in [-0.2, 0) is 6.54 Å². The fourth-order valence-electron chi connectivity index (χ4n) is 5.10. The van der Waals surface area contributed by atoms with Crippen LogP contribution in [0.1, 0.15) is 56.1 Å². The number of aromatic carboxylic acids is 1. The molecule has 1 atom stereocenters. The predicted octanol–water partition coefficient (Wildman–Crippen LogP) is 7.96. The fourth-order valence-corrected chi connectivity index (χ4v) is 5.39. The second-order valence-electron chi connectivity index (χ2n) is 9.91. The van der Waals surface area contributed by atoms with Gasteiger partial charge in [0.2, 0.25) is 0 Å². The smallest absolute Gasteiger partial charge is 0.336 e. The highest BCUT2D eigenvalue weighted by Gasteiger charge is 2.18. The number of halogens is 2. The minimum absolute atomic E-state index is 0.00780. The van der Waals surface area contributed by atoms with E-state index in [0.717, 1.165) is 33.3 Å². The Morgan fingerprint density at radius 3 is 2.42 bits per heavy atom. The third-order valence-corrected chi connectivity index (χ3v) is 7.86. The molecule has 0 aliphatic heterocycles. The normalized spacial score (nSPS) is 11.9. The average Bonchev–Trinajstić information content (AvgIpc) is 3.19. The van der Waals surface area contributed by atoms with E-state index in [-0.39, 0.29) is 16.5 Å². The molecule has 2 N–H and O–H groups in total. The Morgan fingerprint density at radius 2 is 1.70 bits per heavy atom. The maximum Gasteiger partial charge on any atom is 0.336 e. The van der Waals surface area contributed by atoms with E-state index in [0.29, 0.717) is 23.2 Å².